The second-order valence-electron chi connectivity index (χ2n) is 5.40. The SMILES string of the molecule is CC(C)c1cc(=S)nc(C2CCCCCC2)[nH]1. The van der Waals surface area contributed by atoms with Crippen LogP contribution in [0.1, 0.15) is 75.7 Å². The van der Waals surface area contributed by atoms with Crippen LogP contribution >= 0.6 is 12.2 Å². The Hall–Kier alpha value is -0.700. The summed E-state index contributed by atoms with van der Waals surface area (Å²) in [4.78, 5) is 8.05. The Morgan fingerprint density at radius 1 is 1.24 bits per heavy atom. The number of aromatic amines is 1. The van der Waals surface area contributed by atoms with Gasteiger partial charge in [0.1, 0.15) is 10.5 Å². The van der Waals surface area contributed by atoms with Crippen LogP contribution < -0.4 is 0 Å². The van der Waals surface area contributed by atoms with E-state index in [2.05, 4.69) is 23.8 Å². The highest BCUT2D eigenvalue weighted by molar-refractivity contribution is 7.71. The Kier molecular flexibility index (Phi) is 4.32. The van der Waals surface area contributed by atoms with Crippen molar-refractivity contribution in [3.63, 3.8) is 0 Å². The molecule has 0 amide bonds. The van der Waals surface area contributed by atoms with Crippen molar-refractivity contribution in [1.82, 2.24) is 9.97 Å². The summed E-state index contributed by atoms with van der Waals surface area (Å²) in [7, 11) is 0. The van der Waals surface area contributed by atoms with E-state index in [9.17, 15) is 0 Å². The molecule has 1 saturated carbocycles. The Bertz CT molecular complexity index is 414. The van der Waals surface area contributed by atoms with E-state index < -0.39 is 0 Å². The summed E-state index contributed by atoms with van der Waals surface area (Å²) in [6.07, 6.45) is 7.94. The van der Waals surface area contributed by atoms with Gasteiger partial charge in [-0.25, -0.2) is 4.98 Å². The average Bonchev–Trinajstić information content (AvgIpc) is 2.56. The van der Waals surface area contributed by atoms with Crippen LogP contribution in [0.3, 0.4) is 0 Å². The first-order chi connectivity index (χ1) is 8.16. The van der Waals surface area contributed by atoms with Crippen LogP contribution in [0, 0.1) is 4.64 Å². The molecule has 3 heteroatoms. The molecular formula is C14H22N2S. The van der Waals surface area contributed by atoms with Crippen LogP contribution in [0.15, 0.2) is 6.07 Å². The Balaban J connectivity index is 2.27. The highest BCUT2D eigenvalue weighted by atomic mass is 32.1. The first-order valence-electron chi connectivity index (χ1n) is 6.78. The molecule has 0 bridgehead atoms. The van der Waals surface area contributed by atoms with Crippen molar-refractivity contribution in [1.29, 1.82) is 0 Å². The first kappa shape index (κ1) is 12.7. The van der Waals surface area contributed by atoms with E-state index in [0.717, 1.165) is 10.5 Å². The van der Waals surface area contributed by atoms with Gasteiger partial charge in [-0.15, -0.1) is 0 Å². The molecule has 17 heavy (non-hydrogen) atoms. The van der Waals surface area contributed by atoms with Gasteiger partial charge in [0.2, 0.25) is 0 Å². The van der Waals surface area contributed by atoms with Gasteiger partial charge in [-0.3, -0.25) is 0 Å². The molecule has 0 spiro atoms. The molecule has 0 aliphatic heterocycles. The quantitative estimate of drug-likeness (QED) is 0.609. The smallest absolute Gasteiger partial charge is 0.130 e. The van der Waals surface area contributed by atoms with Gasteiger partial charge in [0, 0.05) is 11.6 Å². The normalized spacial score (nSPS) is 18.3. The van der Waals surface area contributed by atoms with Crippen LogP contribution in [0.5, 0.6) is 0 Å². The maximum atomic E-state index is 5.28. The first-order valence-corrected chi connectivity index (χ1v) is 7.19. The maximum absolute atomic E-state index is 5.28. The van der Waals surface area contributed by atoms with Gasteiger partial charge >= 0.3 is 0 Å². The number of hydrogen-bond donors (Lipinski definition) is 1. The molecule has 94 valence electrons. The van der Waals surface area contributed by atoms with E-state index in [1.807, 2.05) is 6.07 Å². The Labute approximate surface area is 109 Å². The monoisotopic (exact) mass is 250 g/mol. The zero-order chi connectivity index (χ0) is 12.3. The molecular weight excluding hydrogens is 228 g/mol. The van der Waals surface area contributed by atoms with Gasteiger partial charge in [0.05, 0.1) is 0 Å². The predicted molar refractivity (Wildman–Crippen MR) is 74.0 cm³/mol. The number of H-pyrrole nitrogens is 1. The van der Waals surface area contributed by atoms with Crippen molar-refractivity contribution >= 4 is 12.2 Å². The summed E-state index contributed by atoms with van der Waals surface area (Å²) in [5, 5.41) is 0. The fraction of sp³-hybridized carbons (Fsp3) is 0.714. The van der Waals surface area contributed by atoms with Crippen LogP contribution in [0.4, 0.5) is 0 Å². The Morgan fingerprint density at radius 3 is 2.47 bits per heavy atom. The molecule has 1 aromatic heterocycles. The highest BCUT2D eigenvalue weighted by Crippen LogP contribution is 2.30. The summed E-state index contributed by atoms with van der Waals surface area (Å²) in [5.74, 6) is 2.21. The fourth-order valence-electron chi connectivity index (χ4n) is 2.55. The summed E-state index contributed by atoms with van der Waals surface area (Å²) in [6, 6.07) is 2.00. The molecule has 1 heterocycles. The lowest BCUT2D eigenvalue weighted by molar-refractivity contribution is 0.554. The van der Waals surface area contributed by atoms with E-state index in [1.54, 1.807) is 0 Å². The second kappa shape index (κ2) is 5.76. The molecule has 1 fully saturated rings. The zero-order valence-corrected chi connectivity index (χ0v) is 11.6. The summed E-state index contributed by atoms with van der Waals surface area (Å²) in [6.45, 7) is 4.38. The Morgan fingerprint density at radius 2 is 1.88 bits per heavy atom. The van der Waals surface area contributed by atoms with Crippen molar-refractivity contribution in [2.24, 2.45) is 0 Å². The number of nitrogens with one attached hydrogen (secondary N) is 1. The molecule has 1 N–H and O–H groups in total. The molecule has 0 atom stereocenters. The molecule has 1 aliphatic carbocycles. The maximum Gasteiger partial charge on any atom is 0.130 e. The van der Waals surface area contributed by atoms with Gasteiger partial charge in [-0.05, 0) is 24.8 Å². The van der Waals surface area contributed by atoms with E-state index in [0.29, 0.717) is 11.8 Å². The third kappa shape index (κ3) is 3.38. The van der Waals surface area contributed by atoms with E-state index in [1.165, 1.54) is 44.2 Å². The van der Waals surface area contributed by atoms with Crippen molar-refractivity contribution < 1.29 is 0 Å². The largest absolute Gasteiger partial charge is 0.347 e. The van der Waals surface area contributed by atoms with Gasteiger partial charge in [-0.1, -0.05) is 51.7 Å². The third-order valence-electron chi connectivity index (χ3n) is 3.65. The molecule has 2 nitrogen and oxygen atoms in total. The van der Waals surface area contributed by atoms with Crippen molar-refractivity contribution in [3.05, 3.63) is 22.2 Å². The zero-order valence-electron chi connectivity index (χ0n) is 10.8. The van der Waals surface area contributed by atoms with Crippen LogP contribution in [-0.2, 0) is 0 Å². The topological polar surface area (TPSA) is 28.7 Å². The lowest BCUT2D eigenvalue weighted by Gasteiger charge is -2.15. The van der Waals surface area contributed by atoms with Crippen LogP contribution in [0.25, 0.3) is 0 Å². The van der Waals surface area contributed by atoms with E-state index >= 15 is 0 Å². The molecule has 1 aliphatic rings. The summed E-state index contributed by atoms with van der Waals surface area (Å²) < 4.78 is 0.742. The minimum Gasteiger partial charge on any atom is -0.347 e. The summed E-state index contributed by atoms with van der Waals surface area (Å²) >= 11 is 5.28. The number of rotatable bonds is 2. The van der Waals surface area contributed by atoms with Gasteiger partial charge in [0.15, 0.2) is 0 Å². The van der Waals surface area contributed by atoms with E-state index in [-0.39, 0.29) is 0 Å². The third-order valence-corrected chi connectivity index (χ3v) is 3.86. The van der Waals surface area contributed by atoms with Gasteiger partial charge in [-0.2, -0.15) is 0 Å². The van der Waals surface area contributed by atoms with Crippen molar-refractivity contribution in [2.45, 2.75) is 64.2 Å². The van der Waals surface area contributed by atoms with Crippen molar-refractivity contribution in [3.8, 4) is 0 Å². The predicted octanol–water partition coefficient (Wildman–Crippen LogP) is 4.70. The fourth-order valence-corrected chi connectivity index (χ4v) is 2.78. The molecule has 2 rings (SSSR count). The molecule has 0 radical (unpaired) electrons. The standard InChI is InChI=1S/C14H22N2S/c1-10(2)12-9-13(17)16-14(15-12)11-7-5-3-4-6-8-11/h9-11H,3-8H2,1-2H3,(H,15,16,17). The van der Waals surface area contributed by atoms with Crippen LogP contribution in [-0.4, -0.2) is 9.97 Å². The van der Waals surface area contributed by atoms with Gasteiger partial charge < -0.3 is 4.98 Å². The van der Waals surface area contributed by atoms with Gasteiger partial charge in [0.25, 0.3) is 0 Å². The number of nitrogens with zero attached hydrogens (tertiary/aromatic N) is 1. The van der Waals surface area contributed by atoms with E-state index in [4.69, 9.17) is 12.2 Å². The summed E-state index contributed by atoms with van der Waals surface area (Å²) in [5.41, 5.74) is 1.23. The average molecular weight is 250 g/mol. The second-order valence-corrected chi connectivity index (χ2v) is 5.82. The molecule has 1 aromatic rings. The molecule has 0 saturated heterocycles. The minimum absolute atomic E-state index is 0.490. The van der Waals surface area contributed by atoms with Crippen molar-refractivity contribution in [2.75, 3.05) is 0 Å². The highest BCUT2D eigenvalue weighted by Gasteiger charge is 2.17. The molecule has 0 aromatic carbocycles. The van der Waals surface area contributed by atoms with Crippen LogP contribution in [0.2, 0.25) is 0 Å². The number of hydrogen-bond acceptors (Lipinski definition) is 2. The lowest BCUT2D eigenvalue weighted by atomic mass is 9.99. The minimum atomic E-state index is 0.490. The number of aromatic nitrogens is 2. The molecule has 0 unspecified atom stereocenters. The lowest BCUT2D eigenvalue weighted by Crippen LogP contribution is -2.07.